The highest BCUT2D eigenvalue weighted by molar-refractivity contribution is 6.36. The molecule has 4 rings (SSSR count). The van der Waals surface area contributed by atoms with Crippen LogP contribution in [0.1, 0.15) is 22.5 Å². The molecule has 2 amide bonds. The molecule has 146 valence electrons. The van der Waals surface area contributed by atoms with E-state index in [-0.39, 0.29) is 12.1 Å². The van der Waals surface area contributed by atoms with E-state index < -0.39 is 17.4 Å². The molecule has 8 heteroatoms. The van der Waals surface area contributed by atoms with E-state index >= 15 is 0 Å². The van der Waals surface area contributed by atoms with Gasteiger partial charge in [-0.05, 0) is 30.3 Å². The first-order valence-corrected chi connectivity index (χ1v) is 9.26. The second kappa shape index (κ2) is 6.92. The molecule has 7 nitrogen and oxygen atoms in total. The molecule has 3 N–H and O–H groups in total. The first-order valence-electron chi connectivity index (χ1n) is 8.89. The highest BCUT2D eigenvalue weighted by Crippen LogP contribution is 2.29. The van der Waals surface area contributed by atoms with Crippen LogP contribution in [0, 0.1) is 11.8 Å². The van der Waals surface area contributed by atoms with Crippen molar-refractivity contribution < 1.29 is 14.7 Å². The zero-order valence-corrected chi connectivity index (χ0v) is 16.3. The smallest absolute Gasteiger partial charge is 0.269 e. The van der Waals surface area contributed by atoms with Crippen LogP contribution in [-0.2, 0) is 4.79 Å². The molecule has 1 aromatic heterocycles. The number of likely N-dealkylation sites (N-methyl/N-ethyl adjacent to an activating group) is 1. The number of aliphatic hydroxyl groups is 1. The number of hydrogen-bond acceptors (Lipinski definition) is 4. The van der Waals surface area contributed by atoms with Gasteiger partial charge in [0.1, 0.15) is 0 Å². The van der Waals surface area contributed by atoms with Crippen molar-refractivity contribution in [1.82, 2.24) is 14.7 Å². The predicted octanol–water partition coefficient (Wildman–Crippen LogP) is 1.72. The molecular formula is C21H17ClN4O3. The van der Waals surface area contributed by atoms with E-state index in [2.05, 4.69) is 16.9 Å². The lowest BCUT2D eigenvalue weighted by Crippen LogP contribution is -2.37. The molecule has 29 heavy (non-hydrogen) atoms. The van der Waals surface area contributed by atoms with Crippen molar-refractivity contribution in [3.8, 4) is 17.5 Å². The molecule has 1 saturated heterocycles. The van der Waals surface area contributed by atoms with Gasteiger partial charge in [-0.2, -0.15) is 5.10 Å². The Labute approximate surface area is 171 Å². The summed E-state index contributed by atoms with van der Waals surface area (Å²) in [7, 11) is 1.63. The predicted molar refractivity (Wildman–Crippen MR) is 109 cm³/mol. The Morgan fingerprint density at radius 2 is 2.07 bits per heavy atom. The summed E-state index contributed by atoms with van der Waals surface area (Å²) in [6, 6.07) is 12.3. The van der Waals surface area contributed by atoms with Crippen LogP contribution in [0.3, 0.4) is 0 Å². The molecule has 0 bridgehead atoms. The first-order chi connectivity index (χ1) is 13.8. The Morgan fingerprint density at radius 3 is 2.76 bits per heavy atom. The highest BCUT2D eigenvalue weighted by atomic mass is 35.5. The van der Waals surface area contributed by atoms with Crippen LogP contribution in [0.2, 0.25) is 5.02 Å². The quantitative estimate of drug-likeness (QED) is 0.630. The number of carbonyl (C=O) groups excluding carboxylic acids is 2. The minimum atomic E-state index is -1.67. The third-order valence-corrected chi connectivity index (χ3v) is 5.22. The lowest BCUT2D eigenvalue weighted by Gasteiger charge is -2.13. The van der Waals surface area contributed by atoms with Crippen molar-refractivity contribution >= 4 is 34.3 Å². The molecule has 3 aromatic rings. The van der Waals surface area contributed by atoms with E-state index in [0.29, 0.717) is 33.7 Å². The molecule has 0 radical (unpaired) electrons. The van der Waals surface area contributed by atoms with Crippen molar-refractivity contribution in [3.05, 3.63) is 58.7 Å². The van der Waals surface area contributed by atoms with Gasteiger partial charge < -0.3 is 15.7 Å². The number of benzene rings is 2. The second-order valence-electron chi connectivity index (χ2n) is 6.90. The SMILES string of the molecule is CN1CCC(O)(C#Cc2cccc(-n3nc(C(N)=O)c4c(Cl)cccc43)c2)C1=O. The molecule has 1 aliphatic rings. The van der Waals surface area contributed by atoms with Crippen LogP contribution in [0.5, 0.6) is 0 Å². The Bertz CT molecular complexity index is 1220. The highest BCUT2D eigenvalue weighted by Gasteiger charge is 2.42. The van der Waals surface area contributed by atoms with E-state index in [1.807, 2.05) is 0 Å². The minimum Gasteiger partial charge on any atom is -0.369 e. The van der Waals surface area contributed by atoms with Crippen molar-refractivity contribution in [3.63, 3.8) is 0 Å². The summed E-state index contributed by atoms with van der Waals surface area (Å²) < 4.78 is 1.57. The molecule has 2 aromatic carbocycles. The number of likely N-dealkylation sites (tertiary alicyclic amines) is 1. The second-order valence-corrected chi connectivity index (χ2v) is 7.30. The van der Waals surface area contributed by atoms with Gasteiger partial charge in [-0.1, -0.05) is 35.6 Å². The Balaban J connectivity index is 1.78. The molecule has 1 aliphatic heterocycles. The third-order valence-electron chi connectivity index (χ3n) is 4.90. The number of aromatic nitrogens is 2. The van der Waals surface area contributed by atoms with Crippen molar-refractivity contribution in [2.75, 3.05) is 13.6 Å². The van der Waals surface area contributed by atoms with Crippen LogP contribution >= 0.6 is 11.6 Å². The number of hydrogen-bond donors (Lipinski definition) is 2. The standard InChI is InChI=1S/C21H17ClN4O3/c1-25-11-10-21(29,20(25)28)9-8-13-4-2-5-14(12-13)26-16-7-3-6-15(22)17(16)18(24-26)19(23)27/h2-7,12,29H,10-11H2,1H3,(H2,23,27). The number of primary amides is 1. The van der Waals surface area contributed by atoms with Crippen LogP contribution in [0.25, 0.3) is 16.6 Å². The number of carbonyl (C=O) groups is 2. The lowest BCUT2D eigenvalue weighted by molar-refractivity contribution is -0.137. The van der Waals surface area contributed by atoms with Gasteiger partial charge in [-0.25, -0.2) is 4.68 Å². The molecule has 1 atom stereocenters. The summed E-state index contributed by atoms with van der Waals surface area (Å²) in [5, 5.41) is 15.7. The Hall–Kier alpha value is -3.34. The van der Waals surface area contributed by atoms with Gasteiger partial charge >= 0.3 is 0 Å². The van der Waals surface area contributed by atoms with E-state index in [4.69, 9.17) is 17.3 Å². The van der Waals surface area contributed by atoms with Crippen molar-refractivity contribution in [1.29, 1.82) is 0 Å². The number of nitrogens with zero attached hydrogens (tertiary/aromatic N) is 3. The molecule has 0 saturated carbocycles. The summed E-state index contributed by atoms with van der Waals surface area (Å²) in [6.07, 6.45) is 0.263. The Kier molecular flexibility index (Phi) is 4.53. The van der Waals surface area contributed by atoms with Crippen LogP contribution in [0.4, 0.5) is 0 Å². The summed E-state index contributed by atoms with van der Waals surface area (Å²) in [5.74, 6) is 4.48. The molecule has 0 aliphatic carbocycles. The zero-order valence-electron chi connectivity index (χ0n) is 15.5. The van der Waals surface area contributed by atoms with Crippen molar-refractivity contribution in [2.45, 2.75) is 12.0 Å². The number of nitrogens with two attached hydrogens (primary N) is 1. The molecule has 1 fully saturated rings. The van der Waals surface area contributed by atoms with Crippen LogP contribution in [0.15, 0.2) is 42.5 Å². The maximum Gasteiger partial charge on any atom is 0.269 e. The van der Waals surface area contributed by atoms with Crippen LogP contribution < -0.4 is 5.73 Å². The van der Waals surface area contributed by atoms with Gasteiger partial charge in [-0.3, -0.25) is 9.59 Å². The van der Waals surface area contributed by atoms with E-state index in [1.165, 1.54) is 4.90 Å². The van der Waals surface area contributed by atoms with Gasteiger partial charge in [0.25, 0.3) is 11.8 Å². The Morgan fingerprint density at radius 1 is 1.31 bits per heavy atom. The summed E-state index contributed by atoms with van der Waals surface area (Å²) in [4.78, 5) is 25.4. The average Bonchev–Trinajstić information content (AvgIpc) is 3.22. The number of halogens is 1. The zero-order chi connectivity index (χ0) is 20.8. The fraction of sp³-hybridized carbons (Fsp3) is 0.190. The van der Waals surface area contributed by atoms with Gasteiger partial charge in [0.2, 0.25) is 5.60 Å². The van der Waals surface area contributed by atoms with E-state index in [1.54, 1.807) is 54.2 Å². The maximum atomic E-state index is 12.1. The molecule has 2 heterocycles. The maximum absolute atomic E-state index is 12.1. The van der Waals surface area contributed by atoms with Crippen LogP contribution in [-0.4, -0.2) is 50.8 Å². The fourth-order valence-corrected chi connectivity index (χ4v) is 3.62. The van der Waals surface area contributed by atoms with E-state index in [0.717, 1.165) is 0 Å². The van der Waals surface area contributed by atoms with Gasteiger partial charge in [0.15, 0.2) is 5.69 Å². The van der Waals surface area contributed by atoms with Crippen molar-refractivity contribution in [2.24, 2.45) is 5.73 Å². The number of fused-ring (bicyclic) bond motifs is 1. The first kappa shape index (κ1) is 19.0. The molecule has 0 spiro atoms. The number of rotatable bonds is 2. The third kappa shape index (κ3) is 3.23. The van der Waals surface area contributed by atoms with Gasteiger partial charge in [0.05, 0.1) is 21.6 Å². The summed E-state index contributed by atoms with van der Waals surface area (Å²) in [5.41, 5.74) is 5.73. The largest absolute Gasteiger partial charge is 0.369 e. The van der Waals surface area contributed by atoms with Gasteiger partial charge in [-0.15, -0.1) is 0 Å². The normalized spacial score (nSPS) is 18.7. The summed E-state index contributed by atoms with van der Waals surface area (Å²) in [6.45, 7) is 0.458. The molecule has 1 unspecified atom stereocenters. The topological polar surface area (TPSA) is 101 Å². The van der Waals surface area contributed by atoms with Gasteiger partial charge in [0, 0.05) is 25.6 Å². The van der Waals surface area contributed by atoms with E-state index in [9.17, 15) is 14.7 Å². The lowest BCUT2D eigenvalue weighted by atomic mass is 10.0. The monoisotopic (exact) mass is 408 g/mol. The number of amides is 2. The average molecular weight is 409 g/mol. The summed E-state index contributed by atoms with van der Waals surface area (Å²) >= 11 is 6.25. The fourth-order valence-electron chi connectivity index (χ4n) is 3.36. The molecular weight excluding hydrogens is 392 g/mol. The minimum absolute atomic E-state index is 0.0796.